The Morgan fingerprint density at radius 3 is 2.47 bits per heavy atom. The van der Waals surface area contributed by atoms with Crippen LogP contribution in [-0.2, 0) is 35.8 Å². The van der Waals surface area contributed by atoms with Gasteiger partial charge in [-0.15, -0.1) is 0 Å². The SMILES string of the molecule is CCCCCC(CCC1C(OP(=O)(O)O)CC2Cc3c(cccc3OCC(=O)O)CC21)OP(=O)(O)O. The molecule has 11 nitrogen and oxygen atoms in total. The molecule has 5 atom stereocenters. The van der Waals surface area contributed by atoms with Crippen molar-refractivity contribution in [1.29, 1.82) is 0 Å². The van der Waals surface area contributed by atoms with Gasteiger partial charge in [-0.25, -0.2) is 13.9 Å². The molecule has 0 amide bonds. The van der Waals surface area contributed by atoms with Crippen LogP contribution < -0.4 is 4.74 Å². The van der Waals surface area contributed by atoms with Crippen LogP contribution in [0.15, 0.2) is 18.2 Å². The van der Waals surface area contributed by atoms with Gasteiger partial charge in [0.25, 0.3) is 0 Å². The van der Waals surface area contributed by atoms with Crippen molar-refractivity contribution in [3.8, 4) is 5.75 Å². The van der Waals surface area contributed by atoms with Gasteiger partial charge in [0.15, 0.2) is 6.61 Å². The van der Waals surface area contributed by atoms with Crippen LogP contribution in [0.2, 0.25) is 0 Å². The first-order valence-electron chi connectivity index (χ1n) is 12.3. The zero-order valence-electron chi connectivity index (χ0n) is 20.3. The summed E-state index contributed by atoms with van der Waals surface area (Å²) in [6.45, 7) is 1.57. The lowest BCUT2D eigenvalue weighted by Gasteiger charge is -2.33. The number of carbonyl (C=O) groups is 1. The fourth-order valence-electron chi connectivity index (χ4n) is 5.79. The van der Waals surface area contributed by atoms with E-state index < -0.39 is 40.4 Å². The fraction of sp³-hybridized carbons (Fsp3) is 0.696. The van der Waals surface area contributed by atoms with Crippen molar-refractivity contribution in [2.45, 2.75) is 76.9 Å². The summed E-state index contributed by atoms with van der Waals surface area (Å²) in [7, 11) is -9.44. The third-order valence-electron chi connectivity index (χ3n) is 7.18. The van der Waals surface area contributed by atoms with E-state index in [1.165, 1.54) is 0 Å². The molecule has 1 fully saturated rings. The monoisotopic (exact) mass is 550 g/mol. The highest BCUT2D eigenvalue weighted by atomic mass is 31.2. The number of ether oxygens (including phenoxy) is 1. The smallest absolute Gasteiger partial charge is 0.469 e. The average molecular weight is 550 g/mol. The molecule has 0 radical (unpaired) electrons. The number of phosphoric ester groups is 2. The molecule has 0 spiro atoms. The number of carboxylic acids is 1. The van der Waals surface area contributed by atoms with Crippen LogP contribution >= 0.6 is 15.6 Å². The van der Waals surface area contributed by atoms with Crippen LogP contribution in [0.1, 0.15) is 63.0 Å². The fourth-order valence-corrected chi connectivity index (χ4v) is 6.99. The molecule has 2 aliphatic carbocycles. The molecule has 0 heterocycles. The van der Waals surface area contributed by atoms with Crippen LogP contribution in [-0.4, -0.2) is 49.5 Å². The number of unbranched alkanes of at least 4 members (excludes halogenated alkanes) is 2. The lowest BCUT2D eigenvalue weighted by Crippen LogP contribution is -2.29. The summed E-state index contributed by atoms with van der Waals surface area (Å²) in [5.74, 6) is -0.753. The first-order chi connectivity index (χ1) is 16.9. The van der Waals surface area contributed by atoms with Gasteiger partial charge >= 0.3 is 21.6 Å². The Hall–Kier alpha value is -1.29. The van der Waals surface area contributed by atoms with Crippen LogP contribution in [0.5, 0.6) is 5.75 Å². The normalized spacial score (nSPS) is 24.7. The van der Waals surface area contributed by atoms with Crippen molar-refractivity contribution in [2.75, 3.05) is 6.61 Å². The van der Waals surface area contributed by atoms with E-state index in [0.29, 0.717) is 44.3 Å². The van der Waals surface area contributed by atoms with Crippen molar-refractivity contribution < 1.29 is 52.4 Å². The molecule has 204 valence electrons. The maximum absolute atomic E-state index is 11.7. The standard InChI is InChI=1S/C23H36O11P2/c1-2-3-4-7-17(33-35(26,27)28)9-10-18-19-11-15-6-5-8-21(32-14-23(24)25)20(15)12-16(19)13-22(18)34-36(29,30)31/h5-6,8,16-19,22H,2-4,7,9-14H2,1H3,(H,24,25)(H2,26,27,28)(H2,29,30,31). The summed E-state index contributed by atoms with van der Waals surface area (Å²) in [6.07, 6.45) is 4.06. The Morgan fingerprint density at radius 1 is 1.08 bits per heavy atom. The Morgan fingerprint density at radius 2 is 1.83 bits per heavy atom. The van der Waals surface area contributed by atoms with Crippen molar-refractivity contribution in [3.63, 3.8) is 0 Å². The van der Waals surface area contributed by atoms with E-state index in [4.69, 9.17) is 18.9 Å². The van der Waals surface area contributed by atoms with Gasteiger partial charge in [0.05, 0.1) is 12.2 Å². The van der Waals surface area contributed by atoms with Gasteiger partial charge in [0.1, 0.15) is 5.75 Å². The second-order valence-corrected chi connectivity index (χ2v) is 12.1. The van der Waals surface area contributed by atoms with Gasteiger partial charge in [-0.1, -0.05) is 38.3 Å². The first kappa shape index (κ1) is 29.3. The van der Waals surface area contributed by atoms with Crippen LogP contribution in [0.4, 0.5) is 0 Å². The lowest BCUT2D eigenvalue weighted by atomic mass is 9.73. The summed E-state index contributed by atoms with van der Waals surface area (Å²) in [6, 6.07) is 5.46. The van der Waals surface area contributed by atoms with Gasteiger partial charge in [0, 0.05) is 0 Å². The van der Waals surface area contributed by atoms with E-state index in [0.717, 1.165) is 30.4 Å². The number of fused-ring (bicyclic) bond motifs is 2. The highest BCUT2D eigenvalue weighted by Crippen LogP contribution is 2.53. The quantitative estimate of drug-likeness (QED) is 0.168. The Balaban J connectivity index is 1.79. The maximum atomic E-state index is 11.7. The number of carboxylic acid groups (broad SMARTS) is 1. The second-order valence-electron chi connectivity index (χ2n) is 9.73. The third kappa shape index (κ3) is 8.64. The first-order valence-corrected chi connectivity index (χ1v) is 15.4. The summed E-state index contributed by atoms with van der Waals surface area (Å²) >= 11 is 0. The lowest BCUT2D eigenvalue weighted by molar-refractivity contribution is -0.139. The third-order valence-corrected chi connectivity index (χ3v) is 8.30. The predicted octanol–water partition coefficient (Wildman–Crippen LogP) is 3.82. The molecule has 1 saturated carbocycles. The molecule has 2 aliphatic rings. The number of rotatable bonds is 14. The van der Waals surface area contributed by atoms with E-state index in [2.05, 4.69) is 0 Å². The summed E-state index contributed by atoms with van der Waals surface area (Å²) in [4.78, 5) is 48.7. The molecule has 0 aromatic heterocycles. The number of aliphatic carboxylic acids is 1. The van der Waals surface area contributed by atoms with Gasteiger partial charge in [-0.2, -0.15) is 0 Å². The highest BCUT2D eigenvalue weighted by Gasteiger charge is 2.48. The number of benzene rings is 1. The highest BCUT2D eigenvalue weighted by molar-refractivity contribution is 7.46. The number of hydrogen-bond donors (Lipinski definition) is 5. The molecule has 0 saturated heterocycles. The summed E-state index contributed by atoms with van der Waals surface area (Å²) in [5, 5.41) is 8.97. The largest absolute Gasteiger partial charge is 0.482 e. The van der Waals surface area contributed by atoms with E-state index in [9.17, 15) is 33.5 Å². The van der Waals surface area contributed by atoms with E-state index in [-0.39, 0.29) is 17.8 Å². The average Bonchev–Trinajstić information content (AvgIpc) is 3.07. The van der Waals surface area contributed by atoms with Crippen molar-refractivity contribution >= 4 is 21.6 Å². The maximum Gasteiger partial charge on any atom is 0.469 e. The Kier molecular flexibility index (Phi) is 10.2. The van der Waals surface area contributed by atoms with E-state index in [1.807, 2.05) is 13.0 Å². The summed E-state index contributed by atoms with van der Waals surface area (Å²) in [5.41, 5.74) is 1.89. The minimum Gasteiger partial charge on any atom is -0.482 e. The zero-order valence-corrected chi connectivity index (χ0v) is 22.1. The number of hydrogen-bond acceptors (Lipinski definition) is 6. The molecule has 36 heavy (non-hydrogen) atoms. The van der Waals surface area contributed by atoms with Crippen molar-refractivity contribution in [3.05, 3.63) is 29.3 Å². The van der Waals surface area contributed by atoms with E-state index >= 15 is 0 Å². The Bertz CT molecular complexity index is 988. The van der Waals surface area contributed by atoms with Gasteiger partial charge in [-0.3, -0.25) is 9.05 Å². The zero-order chi connectivity index (χ0) is 26.5. The second kappa shape index (κ2) is 12.5. The minimum absolute atomic E-state index is 0.0369. The van der Waals surface area contributed by atoms with Crippen LogP contribution in [0.25, 0.3) is 0 Å². The predicted molar refractivity (Wildman–Crippen MR) is 129 cm³/mol. The van der Waals surface area contributed by atoms with Crippen molar-refractivity contribution in [1.82, 2.24) is 0 Å². The van der Waals surface area contributed by atoms with Gasteiger partial charge < -0.3 is 29.4 Å². The van der Waals surface area contributed by atoms with Crippen LogP contribution in [0, 0.1) is 17.8 Å². The molecule has 1 aromatic carbocycles. The molecular formula is C23H36O11P2. The van der Waals surface area contributed by atoms with Gasteiger partial charge in [-0.05, 0) is 73.5 Å². The van der Waals surface area contributed by atoms with Crippen LogP contribution in [0.3, 0.4) is 0 Å². The van der Waals surface area contributed by atoms with Gasteiger partial charge in [0.2, 0.25) is 0 Å². The molecule has 3 rings (SSSR count). The summed E-state index contributed by atoms with van der Waals surface area (Å²) < 4.78 is 39.0. The van der Waals surface area contributed by atoms with E-state index in [1.54, 1.807) is 12.1 Å². The molecule has 1 aromatic rings. The van der Waals surface area contributed by atoms with Crippen molar-refractivity contribution in [2.24, 2.45) is 17.8 Å². The molecule has 13 heteroatoms. The Labute approximate surface area is 210 Å². The molecule has 0 bridgehead atoms. The minimum atomic E-state index is -4.76. The molecule has 5 unspecified atom stereocenters. The molecular weight excluding hydrogens is 514 g/mol. The molecule has 0 aliphatic heterocycles. The topological polar surface area (TPSA) is 180 Å². The molecule has 5 N–H and O–H groups in total. The number of phosphoric acid groups is 2.